The van der Waals surface area contributed by atoms with E-state index < -0.39 is 5.91 Å². The number of ether oxygens (including phenoxy) is 1. The Morgan fingerprint density at radius 1 is 1.29 bits per heavy atom. The summed E-state index contributed by atoms with van der Waals surface area (Å²) in [4.78, 5) is 10.9. The summed E-state index contributed by atoms with van der Waals surface area (Å²) in [6.07, 6.45) is 1.80. The molecule has 112 valence electrons. The van der Waals surface area contributed by atoms with Crippen LogP contribution in [0.25, 0.3) is 10.8 Å². The zero-order valence-corrected chi connectivity index (χ0v) is 12.5. The predicted molar refractivity (Wildman–Crippen MR) is 87.8 cm³/mol. The molecule has 4 nitrogen and oxygen atoms in total. The van der Waals surface area contributed by atoms with Crippen LogP contribution < -0.4 is 15.8 Å². The summed E-state index contributed by atoms with van der Waals surface area (Å²) in [6, 6.07) is 11.9. The second kappa shape index (κ2) is 8.29. The largest absolute Gasteiger partial charge is 0.483 e. The topological polar surface area (TPSA) is 64.3 Å². The minimum Gasteiger partial charge on any atom is -0.483 e. The van der Waals surface area contributed by atoms with Gasteiger partial charge in [0.15, 0.2) is 6.61 Å². The van der Waals surface area contributed by atoms with Crippen molar-refractivity contribution in [1.29, 1.82) is 0 Å². The normalized spacial score (nSPS) is 9.90. The van der Waals surface area contributed by atoms with Crippen molar-refractivity contribution in [3.63, 3.8) is 0 Å². The Morgan fingerprint density at radius 2 is 2.05 bits per heavy atom. The molecule has 0 atom stereocenters. The van der Waals surface area contributed by atoms with Gasteiger partial charge in [0.1, 0.15) is 5.75 Å². The van der Waals surface area contributed by atoms with Crippen molar-refractivity contribution in [3.05, 3.63) is 54.6 Å². The maximum atomic E-state index is 10.9. The SMILES string of the molecule is C=CCNCc1c(OCC(N)=O)ccc2ccccc12.Cl. The summed E-state index contributed by atoms with van der Waals surface area (Å²) in [5.74, 6) is 0.197. The van der Waals surface area contributed by atoms with Crippen molar-refractivity contribution in [3.8, 4) is 5.75 Å². The number of amides is 1. The molecule has 0 aliphatic heterocycles. The Bertz CT molecular complexity index is 629. The van der Waals surface area contributed by atoms with Gasteiger partial charge < -0.3 is 15.8 Å². The van der Waals surface area contributed by atoms with Crippen molar-refractivity contribution >= 4 is 29.1 Å². The summed E-state index contributed by atoms with van der Waals surface area (Å²) < 4.78 is 5.50. The lowest BCUT2D eigenvalue weighted by atomic mass is 10.0. The molecule has 2 aromatic rings. The van der Waals surface area contributed by atoms with Crippen molar-refractivity contribution in [2.24, 2.45) is 5.73 Å². The standard InChI is InChI=1S/C16H18N2O2.ClH/c1-2-9-18-10-14-13-6-4-3-5-12(13)7-8-15(14)20-11-16(17)19;/h2-8,18H,1,9-11H2,(H2,17,19);1H. The fourth-order valence-electron chi connectivity index (χ4n) is 2.08. The van der Waals surface area contributed by atoms with Crippen LogP contribution in [0.5, 0.6) is 5.75 Å². The van der Waals surface area contributed by atoms with Gasteiger partial charge in [-0.05, 0) is 16.8 Å². The maximum Gasteiger partial charge on any atom is 0.255 e. The van der Waals surface area contributed by atoms with E-state index in [2.05, 4.69) is 11.9 Å². The van der Waals surface area contributed by atoms with Gasteiger partial charge >= 0.3 is 0 Å². The Morgan fingerprint density at radius 3 is 2.76 bits per heavy atom. The molecule has 3 N–H and O–H groups in total. The maximum absolute atomic E-state index is 10.9. The third-order valence-electron chi connectivity index (χ3n) is 2.96. The average molecular weight is 307 g/mol. The first-order valence-corrected chi connectivity index (χ1v) is 6.45. The molecule has 1 amide bonds. The van der Waals surface area contributed by atoms with E-state index in [4.69, 9.17) is 10.5 Å². The fraction of sp³-hybridized carbons (Fsp3) is 0.188. The molecule has 0 unspecified atom stereocenters. The highest BCUT2D eigenvalue weighted by molar-refractivity contribution is 5.88. The van der Waals surface area contributed by atoms with Crippen LogP contribution in [0, 0.1) is 0 Å². The molecule has 0 aliphatic rings. The molecule has 2 aromatic carbocycles. The van der Waals surface area contributed by atoms with Gasteiger partial charge in [0.05, 0.1) is 0 Å². The quantitative estimate of drug-likeness (QED) is 0.610. The molecule has 2 rings (SSSR count). The lowest BCUT2D eigenvalue weighted by molar-refractivity contribution is -0.119. The van der Waals surface area contributed by atoms with E-state index in [1.807, 2.05) is 36.4 Å². The molecule has 0 bridgehead atoms. The molecule has 0 aliphatic carbocycles. The van der Waals surface area contributed by atoms with Gasteiger partial charge in [-0.15, -0.1) is 19.0 Å². The third kappa shape index (κ3) is 4.48. The van der Waals surface area contributed by atoms with Gasteiger partial charge in [-0.3, -0.25) is 4.79 Å². The number of halogens is 1. The van der Waals surface area contributed by atoms with Crippen LogP contribution >= 0.6 is 12.4 Å². The van der Waals surface area contributed by atoms with E-state index in [9.17, 15) is 4.79 Å². The number of nitrogens with one attached hydrogen (secondary N) is 1. The molecule has 0 radical (unpaired) electrons. The number of benzene rings is 2. The minimum atomic E-state index is -0.483. The van der Waals surface area contributed by atoms with Crippen molar-refractivity contribution in [2.45, 2.75) is 6.54 Å². The smallest absolute Gasteiger partial charge is 0.255 e. The van der Waals surface area contributed by atoms with Gasteiger partial charge in [-0.2, -0.15) is 0 Å². The van der Waals surface area contributed by atoms with Crippen LogP contribution in [-0.2, 0) is 11.3 Å². The van der Waals surface area contributed by atoms with E-state index in [1.165, 1.54) is 0 Å². The summed E-state index contributed by atoms with van der Waals surface area (Å²) in [7, 11) is 0. The molecule has 0 heterocycles. The Hall–Kier alpha value is -2.04. The zero-order valence-electron chi connectivity index (χ0n) is 11.7. The third-order valence-corrected chi connectivity index (χ3v) is 2.96. The lowest BCUT2D eigenvalue weighted by Crippen LogP contribution is -2.21. The number of nitrogens with two attached hydrogens (primary N) is 1. The monoisotopic (exact) mass is 306 g/mol. The van der Waals surface area contributed by atoms with E-state index in [0.29, 0.717) is 18.8 Å². The summed E-state index contributed by atoms with van der Waals surface area (Å²) >= 11 is 0. The fourth-order valence-corrected chi connectivity index (χ4v) is 2.08. The van der Waals surface area contributed by atoms with Gasteiger partial charge in [0.25, 0.3) is 5.91 Å². The van der Waals surface area contributed by atoms with E-state index in [1.54, 1.807) is 6.08 Å². The summed E-state index contributed by atoms with van der Waals surface area (Å²) in [6.45, 7) is 4.91. The highest BCUT2D eigenvalue weighted by atomic mass is 35.5. The average Bonchev–Trinajstić information content (AvgIpc) is 2.46. The molecule has 0 fully saturated rings. The van der Waals surface area contributed by atoms with E-state index in [0.717, 1.165) is 16.3 Å². The molecular formula is C16H19ClN2O2. The molecule has 0 spiro atoms. The van der Waals surface area contributed by atoms with Crippen LogP contribution in [-0.4, -0.2) is 19.1 Å². The highest BCUT2D eigenvalue weighted by Gasteiger charge is 2.09. The molecule has 0 saturated carbocycles. The van der Waals surface area contributed by atoms with Crippen molar-refractivity contribution in [1.82, 2.24) is 5.32 Å². The van der Waals surface area contributed by atoms with Gasteiger partial charge in [0, 0.05) is 18.7 Å². The second-order valence-electron chi connectivity index (χ2n) is 4.44. The molecular weight excluding hydrogens is 288 g/mol. The predicted octanol–water partition coefficient (Wildman–Crippen LogP) is 2.40. The zero-order chi connectivity index (χ0) is 14.4. The van der Waals surface area contributed by atoms with E-state index in [-0.39, 0.29) is 19.0 Å². The van der Waals surface area contributed by atoms with Crippen LogP contribution in [0.1, 0.15) is 5.56 Å². The number of hydrogen-bond donors (Lipinski definition) is 2. The number of hydrogen-bond acceptors (Lipinski definition) is 3. The second-order valence-corrected chi connectivity index (χ2v) is 4.44. The van der Waals surface area contributed by atoms with Gasteiger partial charge in [-0.1, -0.05) is 36.4 Å². The van der Waals surface area contributed by atoms with Crippen LogP contribution in [0.4, 0.5) is 0 Å². The molecule has 5 heteroatoms. The summed E-state index contributed by atoms with van der Waals surface area (Å²) in [5.41, 5.74) is 6.15. The molecule has 0 saturated heterocycles. The number of carbonyl (C=O) groups excluding carboxylic acids is 1. The lowest BCUT2D eigenvalue weighted by Gasteiger charge is -2.14. The van der Waals surface area contributed by atoms with Crippen molar-refractivity contribution in [2.75, 3.05) is 13.2 Å². The van der Waals surface area contributed by atoms with Crippen LogP contribution in [0.3, 0.4) is 0 Å². The van der Waals surface area contributed by atoms with Gasteiger partial charge in [0.2, 0.25) is 0 Å². The Labute approximate surface area is 130 Å². The summed E-state index contributed by atoms with van der Waals surface area (Å²) in [5, 5.41) is 5.49. The number of rotatable bonds is 7. The number of carbonyl (C=O) groups is 1. The van der Waals surface area contributed by atoms with Gasteiger partial charge in [-0.25, -0.2) is 0 Å². The number of primary amides is 1. The van der Waals surface area contributed by atoms with Crippen LogP contribution in [0.15, 0.2) is 49.1 Å². The van der Waals surface area contributed by atoms with Crippen molar-refractivity contribution < 1.29 is 9.53 Å². The first kappa shape index (κ1) is 17.0. The highest BCUT2D eigenvalue weighted by Crippen LogP contribution is 2.28. The Balaban J connectivity index is 0.00000220. The van der Waals surface area contributed by atoms with Crippen LogP contribution in [0.2, 0.25) is 0 Å². The first-order chi connectivity index (χ1) is 9.72. The molecule has 0 aromatic heterocycles. The molecule has 21 heavy (non-hydrogen) atoms. The number of fused-ring (bicyclic) bond motifs is 1. The van der Waals surface area contributed by atoms with E-state index >= 15 is 0 Å². The minimum absolute atomic E-state index is 0. The first-order valence-electron chi connectivity index (χ1n) is 6.45. The Kier molecular flexibility index (Phi) is 6.72.